The van der Waals surface area contributed by atoms with Crippen LogP contribution >= 0.6 is 0 Å². The van der Waals surface area contributed by atoms with E-state index in [1.807, 2.05) is 74.3 Å². The topological polar surface area (TPSA) is 70.1 Å². The van der Waals surface area contributed by atoms with Gasteiger partial charge < -0.3 is 14.7 Å². The molecule has 0 aromatic heterocycles. The van der Waals surface area contributed by atoms with Crippen LogP contribution in [0.2, 0.25) is 0 Å². The van der Waals surface area contributed by atoms with Crippen molar-refractivity contribution in [3.05, 3.63) is 94.6 Å². The monoisotopic (exact) mass is 454 g/mol. The lowest BCUT2D eigenvalue weighted by Crippen LogP contribution is -2.30. The molecule has 1 amide bonds. The molecule has 172 valence electrons. The average Bonchev–Trinajstić information content (AvgIpc) is 3.09. The molecule has 0 spiro atoms. The molecule has 1 atom stereocenters. The van der Waals surface area contributed by atoms with Gasteiger partial charge in [0.25, 0.3) is 11.7 Å². The molecular weight excluding hydrogens is 428 g/mol. The summed E-state index contributed by atoms with van der Waals surface area (Å²) < 4.78 is 5.72. The van der Waals surface area contributed by atoms with Crippen LogP contribution in [0.3, 0.4) is 0 Å². The van der Waals surface area contributed by atoms with E-state index < -0.39 is 17.7 Å². The van der Waals surface area contributed by atoms with Gasteiger partial charge in [0.15, 0.2) is 0 Å². The second kappa shape index (κ2) is 8.37. The molecule has 2 aliphatic rings. The van der Waals surface area contributed by atoms with E-state index in [1.54, 1.807) is 18.2 Å². The zero-order valence-electron chi connectivity index (χ0n) is 19.4. The van der Waals surface area contributed by atoms with E-state index >= 15 is 0 Å². The van der Waals surface area contributed by atoms with Crippen molar-refractivity contribution >= 4 is 28.8 Å². The number of fused-ring (bicyclic) bond motifs is 1. The van der Waals surface area contributed by atoms with Crippen molar-refractivity contribution in [3.63, 3.8) is 0 Å². The Balaban J connectivity index is 1.73. The zero-order valence-corrected chi connectivity index (χ0v) is 19.4. The number of benzene rings is 3. The first-order valence-electron chi connectivity index (χ1n) is 11.3. The number of carbonyl (C=O) groups is 2. The number of aliphatic hydroxyl groups excluding tert-OH is 1. The Hall–Kier alpha value is -4.06. The molecule has 0 saturated carbocycles. The number of ketones is 1. The highest BCUT2D eigenvalue weighted by atomic mass is 16.5. The predicted octanol–water partition coefficient (Wildman–Crippen LogP) is 4.76. The van der Waals surface area contributed by atoms with Crippen molar-refractivity contribution in [1.29, 1.82) is 0 Å². The number of hydrogen-bond acceptors (Lipinski definition) is 5. The summed E-state index contributed by atoms with van der Waals surface area (Å²) >= 11 is 0. The van der Waals surface area contributed by atoms with E-state index in [0.29, 0.717) is 17.9 Å². The van der Waals surface area contributed by atoms with Gasteiger partial charge >= 0.3 is 0 Å². The second-order valence-corrected chi connectivity index (χ2v) is 8.76. The van der Waals surface area contributed by atoms with E-state index in [9.17, 15) is 14.7 Å². The molecule has 0 bridgehead atoms. The third kappa shape index (κ3) is 3.43. The van der Waals surface area contributed by atoms with Crippen molar-refractivity contribution in [2.24, 2.45) is 0 Å². The van der Waals surface area contributed by atoms with Crippen molar-refractivity contribution in [1.82, 2.24) is 0 Å². The molecule has 0 radical (unpaired) electrons. The number of likely N-dealkylation sites (N-methyl/N-ethyl adjacent to an activating group) is 1. The van der Waals surface area contributed by atoms with Gasteiger partial charge in [0, 0.05) is 18.3 Å². The number of anilines is 2. The van der Waals surface area contributed by atoms with Crippen molar-refractivity contribution in [2.45, 2.75) is 19.9 Å². The van der Waals surface area contributed by atoms with Crippen LogP contribution in [0.4, 0.5) is 11.4 Å². The summed E-state index contributed by atoms with van der Waals surface area (Å²) in [4.78, 5) is 30.4. The van der Waals surface area contributed by atoms with E-state index in [1.165, 1.54) is 4.90 Å². The normalized spacial score (nSPS) is 19.2. The lowest BCUT2D eigenvalue weighted by molar-refractivity contribution is -0.132. The summed E-state index contributed by atoms with van der Waals surface area (Å²) in [5.41, 5.74) is 4.63. The quantitative estimate of drug-likeness (QED) is 0.351. The number of amides is 1. The summed E-state index contributed by atoms with van der Waals surface area (Å²) in [5.74, 6) is -0.815. The molecular formula is C28H26N2O4. The number of para-hydroxylation sites is 1. The van der Waals surface area contributed by atoms with Crippen LogP contribution in [0, 0.1) is 13.8 Å². The van der Waals surface area contributed by atoms with Crippen LogP contribution in [0.1, 0.15) is 28.3 Å². The van der Waals surface area contributed by atoms with E-state index in [0.717, 1.165) is 34.7 Å². The fourth-order valence-corrected chi connectivity index (χ4v) is 4.76. The van der Waals surface area contributed by atoms with Crippen LogP contribution in [0.25, 0.3) is 5.76 Å². The van der Waals surface area contributed by atoms with Crippen molar-refractivity contribution < 1.29 is 19.4 Å². The number of aryl methyl sites for hydroxylation is 2. The highest BCUT2D eigenvalue weighted by Gasteiger charge is 2.47. The number of aliphatic hydroxyl groups is 1. The lowest BCUT2D eigenvalue weighted by atomic mass is 9.92. The van der Waals surface area contributed by atoms with Crippen molar-refractivity contribution in [2.75, 3.05) is 30.0 Å². The molecule has 6 nitrogen and oxygen atoms in total. The number of Topliss-reactive ketones (excluding diaryl/α,β-unsaturated/α-hetero) is 1. The molecule has 0 aliphatic carbocycles. The first-order chi connectivity index (χ1) is 16.4. The van der Waals surface area contributed by atoms with Gasteiger partial charge in [0.1, 0.15) is 18.1 Å². The van der Waals surface area contributed by atoms with Gasteiger partial charge in [-0.05, 0) is 54.8 Å². The SMILES string of the molecule is Cc1ccccc1C1/C(=C(\O)c2ccc3c(c2)N(C)CCO3)C(=O)C(=O)N1c1ccccc1C. The van der Waals surface area contributed by atoms with Crippen LogP contribution < -0.4 is 14.5 Å². The first kappa shape index (κ1) is 21.8. The van der Waals surface area contributed by atoms with Crippen LogP contribution in [-0.4, -0.2) is 37.0 Å². The zero-order chi connectivity index (χ0) is 24.0. The Labute approximate surface area is 198 Å². The van der Waals surface area contributed by atoms with Gasteiger partial charge in [-0.2, -0.15) is 0 Å². The second-order valence-electron chi connectivity index (χ2n) is 8.76. The number of hydrogen-bond donors (Lipinski definition) is 1. The summed E-state index contributed by atoms with van der Waals surface area (Å²) in [6.45, 7) is 5.16. The van der Waals surface area contributed by atoms with Gasteiger partial charge in [0.05, 0.1) is 23.8 Å². The highest BCUT2D eigenvalue weighted by Crippen LogP contribution is 2.44. The number of carbonyl (C=O) groups excluding carboxylic acids is 2. The maximum Gasteiger partial charge on any atom is 0.300 e. The van der Waals surface area contributed by atoms with Gasteiger partial charge in [-0.15, -0.1) is 0 Å². The Morgan fingerprint density at radius 1 is 0.941 bits per heavy atom. The van der Waals surface area contributed by atoms with Crippen LogP contribution in [0.5, 0.6) is 5.75 Å². The fourth-order valence-electron chi connectivity index (χ4n) is 4.76. The summed E-state index contributed by atoms with van der Waals surface area (Å²) in [6.07, 6.45) is 0. The van der Waals surface area contributed by atoms with E-state index in [4.69, 9.17) is 4.74 Å². The summed E-state index contributed by atoms with van der Waals surface area (Å²) in [6, 6.07) is 19.7. The third-order valence-electron chi connectivity index (χ3n) is 6.63. The maximum absolute atomic E-state index is 13.4. The van der Waals surface area contributed by atoms with Gasteiger partial charge in [-0.1, -0.05) is 42.5 Å². The van der Waals surface area contributed by atoms with E-state index in [-0.39, 0.29) is 11.3 Å². The molecule has 1 N–H and O–H groups in total. The summed E-state index contributed by atoms with van der Waals surface area (Å²) in [7, 11) is 1.95. The average molecular weight is 455 g/mol. The van der Waals surface area contributed by atoms with Crippen LogP contribution in [-0.2, 0) is 9.59 Å². The van der Waals surface area contributed by atoms with Gasteiger partial charge in [-0.3, -0.25) is 14.5 Å². The molecule has 3 aromatic rings. The fraction of sp³-hybridized carbons (Fsp3) is 0.214. The smallest absolute Gasteiger partial charge is 0.300 e. The summed E-state index contributed by atoms with van der Waals surface area (Å²) in [5, 5.41) is 11.5. The minimum Gasteiger partial charge on any atom is -0.507 e. The molecule has 6 heteroatoms. The molecule has 3 aromatic carbocycles. The molecule has 34 heavy (non-hydrogen) atoms. The molecule has 1 saturated heterocycles. The first-order valence-corrected chi connectivity index (χ1v) is 11.3. The lowest BCUT2D eigenvalue weighted by Gasteiger charge is -2.29. The van der Waals surface area contributed by atoms with Gasteiger partial charge in [0.2, 0.25) is 0 Å². The minimum absolute atomic E-state index is 0.0851. The van der Waals surface area contributed by atoms with E-state index in [2.05, 4.69) is 0 Å². The van der Waals surface area contributed by atoms with Crippen LogP contribution in [0.15, 0.2) is 72.3 Å². The molecule has 2 aliphatic heterocycles. The van der Waals surface area contributed by atoms with Crippen molar-refractivity contribution in [3.8, 4) is 5.75 Å². The molecule has 1 unspecified atom stereocenters. The molecule has 5 rings (SSSR count). The Morgan fingerprint density at radius 3 is 2.38 bits per heavy atom. The largest absolute Gasteiger partial charge is 0.507 e. The minimum atomic E-state index is -0.743. The third-order valence-corrected chi connectivity index (χ3v) is 6.63. The Kier molecular flexibility index (Phi) is 5.36. The number of nitrogens with zero attached hydrogens (tertiary/aromatic N) is 2. The molecule has 2 heterocycles. The molecule has 1 fully saturated rings. The predicted molar refractivity (Wildman–Crippen MR) is 132 cm³/mol. The van der Waals surface area contributed by atoms with Gasteiger partial charge in [-0.25, -0.2) is 0 Å². The number of rotatable bonds is 3. The Morgan fingerprint density at radius 2 is 1.65 bits per heavy atom. The standard InChI is InChI=1S/C28H26N2O4/c1-17-8-4-6-10-20(17)25-24(27(32)28(33)30(25)21-11-7-5-9-18(21)2)26(31)19-12-13-23-22(16-19)29(3)14-15-34-23/h4-13,16,25,31H,14-15H2,1-3H3/b26-24+. The Bertz CT molecular complexity index is 1340. The number of ether oxygens (including phenoxy) is 1. The highest BCUT2D eigenvalue weighted by molar-refractivity contribution is 6.51. The maximum atomic E-state index is 13.4.